The maximum atomic E-state index is 8.80. The lowest BCUT2D eigenvalue weighted by Crippen LogP contribution is -1.92. The molecular formula is C13H7Cl3N2. The van der Waals surface area contributed by atoms with Gasteiger partial charge in [-0.2, -0.15) is 5.26 Å². The van der Waals surface area contributed by atoms with Crippen molar-refractivity contribution in [2.75, 3.05) is 0 Å². The van der Waals surface area contributed by atoms with E-state index in [4.69, 9.17) is 40.1 Å². The Morgan fingerprint density at radius 2 is 1.83 bits per heavy atom. The van der Waals surface area contributed by atoms with Crippen LogP contribution < -0.4 is 0 Å². The number of rotatable bonds is 2. The fourth-order valence-corrected chi connectivity index (χ4v) is 2.25. The second kappa shape index (κ2) is 5.58. The molecule has 0 aliphatic carbocycles. The Morgan fingerprint density at radius 1 is 1.11 bits per heavy atom. The smallest absolute Gasteiger partial charge is 0.0759 e. The quantitative estimate of drug-likeness (QED) is 0.748. The van der Waals surface area contributed by atoms with Crippen LogP contribution in [0.15, 0.2) is 30.5 Å². The van der Waals surface area contributed by atoms with Crippen LogP contribution in [-0.2, 0) is 6.42 Å². The molecule has 0 aliphatic rings. The molecule has 0 atom stereocenters. The third kappa shape index (κ3) is 2.59. The molecule has 2 aromatic rings. The Bertz CT molecular complexity index is 633. The summed E-state index contributed by atoms with van der Waals surface area (Å²) in [4.78, 5) is 4.26. The predicted molar refractivity (Wildman–Crippen MR) is 74.0 cm³/mol. The van der Waals surface area contributed by atoms with Gasteiger partial charge in [0, 0.05) is 11.8 Å². The molecule has 5 heteroatoms. The van der Waals surface area contributed by atoms with Gasteiger partial charge >= 0.3 is 0 Å². The molecule has 2 rings (SSSR count). The van der Waals surface area contributed by atoms with Crippen molar-refractivity contribution < 1.29 is 0 Å². The average molecular weight is 298 g/mol. The molecule has 1 aromatic heterocycles. The zero-order valence-electron chi connectivity index (χ0n) is 9.12. The van der Waals surface area contributed by atoms with Gasteiger partial charge in [-0.3, -0.25) is 4.98 Å². The Morgan fingerprint density at radius 3 is 2.56 bits per heavy atom. The zero-order valence-corrected chi connectivity index (χ0v) is 11.4. The molecule has 90 valence electrons. The van der Waals surface area contributed by atoms with Crippen molar-refractivity contribution in [2.45, 2.75) is 6.42 Å². The minimum atomic E-state index is 0.264. The van der Waals surface area contributed by atoms with E-state index in [1.54, 1.807) is 24.4 Å². The van der Waals surface area contributed by atoms with Crippen LogP contribution in [0.3, 0.4) is 0 Å². The van der Waals surface area contributed by atoms with E-state index in [0.717, 1.165) is 5.56 Å². The first-order chi connectivity index (χ1) is 8.63. The summed E-state index contributed by atoms with van der Waals surface area (Å²) in [5.74, 6) is 0. The molecule has 0 saturated carbocycles. The van der Waals surface area contributed by atoms with Gasteiger partial charge in [-0.15, -0.1) is 0 Å². The van der Waals surface area contributed by atoms with Gasteiger partial charge in [0.25, 0.3) is 0 Å². The van der Waals surface area contributed by atoms with Crippen LogP contribution in [0.5, 0.6) is 0 Å². The van der Waals surface area contributed by atoms with E-state index >= 15 is 0 Å². The average Bonchev–Trinajstić information content (AvgIpc) is 2.35. The third-order valence-electron chi connectivity index (χ3n) is 2.43. The molecule has 0 aliphatic heterocycles. The van der Waals surface area contributed by atoms with E-state index < -0.39 is 0 Å². The third-order valence-corrected chi connectivity index (χ3v) is 3.46. The number of halogens is 3. The number of benzene rings is 1. The van der Waals surface area contributed by atoms with Gasteiger partial charge < -0.3 is 0 Å². The summed E-state index contributed by atoms with van der Waals surface area (Å²) >= 11 is 18.0. The van der Waals surface area contributed by atoms with Gasteiger partial charge in [0.1, 0.15) is 0 Å². The summed E-state index contributed by atoms with van der Waals surface area (Å²) in [5, 5.41) is 10.1. The zero-order chi connectivity index (χ0) is 13.1. The van der Waals surface area contributed by atoms with Crippen LogP contribution in [0.2, 0.25) is 15.1 Å². The van der Waals surface area contributed by atoms with Crippen molar-refractivity contribution >= 4 is 34.8 Å². The van der Waals surface area contributed by atoms with Gasteiger partial charge in [0.2, 0.25) is 0 Å². The van der Waals surface area contributed by atoms with Crippen LogP contribution in [0.4, 0.5) is 0 Å². The summed E-state index contributed by atoms with van der Waals surface area (Å²) < 4.78 is 0. The standard InChI is InChI=1S/C13H7Cl3N2/c14-10-7-12(16)11(15)6-9(10)13-8(3-4-17)2-1-5-18-13/h1-2,5-7H,3H2. The van der Waals surface area contributed by atoms with Gasteiger partial charge in [-0.1, -0.05) is 40.9 Å². The highest BCUT2D eigenvalue weighted by Crippen LogP contribution is 2.35. The molecule has 1 heterocycles. The molecule has 0 bridgehead atoms. The van der Waals surface area contributed by atoms with Crippen LogP contribution in [0.25, 0.3) is 11.3 Å². The van der Waals surface area contributed by atoms with E-state index in [9.17, 15) is 0 Å². The van der Waals surface area contributed by atoms with Crippen molar-refractivity contribution in [1.29, 1.82) is 5.26 Å². The first kappa shape index (κ1) is 13.2. The second-order valence-electron chi connectivity index (χ2n) is 3.59. The van der Waals surface area contributed by atoms with Crippen LogP contribution in [0, 0.1) is 11.3 Å². The lowest BCUT2D eigenvalue weighted by atomic mass is 10.0. The number of pyridine rings is 1. The molecule has 0 saturated heterocycles. The molecule has 1 aromatic carbocycles. The first-order valence-electron chi connectivity index (χ1n) is 5.09. The molecule has 0 unspecified atom stereocenters. The van der Waals surface area contributed by atoms with Crippen molar-refractivity contribution in [2.24, 2.45) is 0 Å². The minimum Gasteiger partial charge on any atom is -0.256 e. The summed E-state index contributed by atoms with van der Waals surface area (Å²) in [5.41, 5.74) is 2.14. The Balaban J connectivity index is 2.62. The topological polar surface area (TPSA) is 36.7 Å². The largest absolute Gasteiger partial charge is 0.256 e. The Labute approximate surface area is 120 Å². The van der Waals surface area contributed by atoms with Gasteiger partial charge in [0.15, 0.2) is 0 Å². The van der Waals surface area contributed by atoms with E-state index in [1.165, 1.54) is 0 Å². The summed E-state index contributed by atoms with van der Waals surface area (Å²) in [6.07, 6.45) is 1.91. The highest BCUT2D eigenvalue weighted by atomic mass is 35.5. The lowest BCUT2D eigenvalue weighted by Gasteiger charge is -2.09. The summed E-state index contributed by atoms with van der Waals surface area (Å²) in [6.45, 7) is 0. The number of aromatic nitrogens is 1. The van der Waals surface area contributed by atoms with Gasteiger partial charge in [-0.25, -0.2) is 0 Å². The van der Waals surface area contributed by atoms with Crippen LogP contribution in [0.1, 0.15) is 5.56 Å². The summed E-state index contributed by atoms with van der Waals surface area (Å²) in [7, 11) is 0. The second-order valence-corrected chi connectivity index (χ2v) is 4.81. The molecular weight excluding hydrogens is 291 g/mol. The first-order valence-corrected chi connectivity index (χ1v) is 6.22. The van der Waals surface area contributed by atoms with Gasteiger partial charge in [-0.05, 0) is 23.8 Å². The highest BCUT2D eigenvalue weighted by molar-refractivity contribution is 6.44. The number of nitriles is 1. The van der Waals surface area contributed by atoms with E-state index in [2.05, 4.69) is 11.1 Å². The SMILES string of the molecule is N#CCc1cccnc1-c1cc(Cl)c(Cl)cc1Cl. The van der Waals surface area contributed by atoms with Crippen molar-refractivity contribution in [3.05, 3.63) is 51.1 Å². The van der Waals surface area contributed by atoms with Crippen LogP contribution >= 0.6 is 34.8 Å². The molecule has 0 spiro atoms. The predicted octanol–water partition coefficient (Wildman–Crippen LogP) is 4.77. The number of hydrogen-bond acceptors (Lipinski definition) is 2. The molecule has 2 nitrogen and oxygen atoms in total. The normalized spacial score (nSPS) is 10.1. The molecule has 0 N–H and O–H groups in total. The maximum absolute atomic E-state index is 8.80. The number of nitrogens with zero attached hydrogens (tertiary/aromatic N) is 2. The lowest BCUT2D eigenvalue weighted by molar-refractivity contribution is 1.20. The van der Waals surface area contributed by atoms with Crippen LogP contribution in [-0.4, -0.2) is 4.98 Å². The Kier molecular flexibility index (Phi) is 4.08. The maximum Gasteiger partial charge on any atom is 0.0759 e. The van der Waals surface area contributed by atoms with E-state index in [-0.39, 0.29) is 6.42 Å². The monoisotopic (exact) mass is 296 g/mol. The molecule has 0 radical (unpaired) electrons. The highest BCUT2D eigenvalue weighted by Gasteiger charge is 2.12. The van der Waals surface area contributed by atoms with Crippen molar-refractivity contribution in [3.63, 3.8) is 0 Å². The van der Waals surface area contributed by atoms with E-state index in [1.807, 2.05) is 6.07 Å². The van der Waals surface area contributed by atoms with Crippen molar-refractivity contribution in [3.8, 4) is 17.3 Å². The molecule has 0 amide bonds. The van der Waals surface area contributed by atoms with Gasteiger partial charge in [0.05, 0.1) is 33.3 Å². The fourth-order valence-electron chi connectivity index (χ4n) is 1.61. The Hall–Kier alpha value is -1.27. The van der Waals surface area contributed by atoms with Crippen molar-refractivity contribution in [1.82, 2.24) is 4.98 Å². The minimum absolute atomic E-state index is 0.264. The fraction of sp³-hybridized carbons (Fsp3) is 0.0769. The van der Waals surface area contributed by atoms with E-state index in [0.29, 0.717) is 26.3 Å². The number of hydrogen-bond donors (Lipinski definition) is 0. The summed E-state index contributed by atoms with van der Waals surface area (Å²) in [6, 6.07) is 8.95. The molecule has 0 fully saturated rings. The molecule has 18 heavy (non-hydrogen) atoms.